The molecule has 0 aliphatic rings. The molecule has 38 heavy (non-hydrogen) atoms. The van der Waals surface area contributed by atoms with Crippen LogP contribution in [-0.2, 0) is 13.1 Å². The van der Waals surface area contributed by atoms with Gasteiger partial charge in [0.15, 0.2) is 16.6 Å². The van der Waals surface area contributed by atoms with Gasteiger partial charge in [-0.25, -0.2) is 19.9 Å². The van der Waals surface area contributed by atoms with Crippen LogP contribution in [0.1, 0.15) is 17.5 Å². The zero-order valence-electron chi connectivity index (χ0n) is 20.6. The van der Waals surface area contributed by atoms with Crippen molar-refractivity contribution in [2.75, 3.05) is 18.2 Å². The van der Waals surface area contributed by atoms with Gasteiger partial charge in [-0.15, -0.1) is 0 Å². The van der Waals surface area contributed by atoms with Crippen molar-refractivity contribution in [2.45, 2.75) is 24.7 Å². The first kappa shape index (κ1) is 25.0. The summed E-state index contributed by atoms with van der Waals surface area (Å²) < 4.78 is 7.26. The second-order valence-corrected chi connectivity index (χ2v) is 9.40. The van der Waals surface area contributed by atoms with E-state index in [-0.39, 0.29) is 5.56 Å². The van der Waals surface area contributed by atoms with Gasteiger partial charge in [0.05, 0.1) is 19.1 Å². The number of imidazole rings is 1. The molecule has 11 heteroatoms. The number of ether oxygens (including phenoxy) is 1. The predicted octanol–water partition coefficient (Wildman–Crippen LogP) is 4.25. The highest BCUT2D eigenvalue weighted by molar-refractivity contribution is 7.99. The summed E-state index contributed by atoms with van der Waals surface area (Å²) in [5, 5.41) is 13.3. The van der Waals surface area contributed by atoms with Gasteiger partial charge >= 0.3 is 0 Å². The molecule has 2 aromatic carbocycles. The fraction of sp³-hybridized carbons (Fsp3) is 0.185. The lowest BCUT2D eigenvalue weighted by atomic mass is 10.1. The Labute approximate surface area is 222 Å². The van der Waals surface area contributed by atoms with E-state index in [2.05, 4.69) is 42.4 Å². The third kappa shape index (κ3) is 5.50. The molecule has 0 saturated heterocycles. The average molecular weight is 525 g/mol. The van der Waals surface area contributed by atoms with E-state index < -0.39 is 5.56 Å². The predicted molar refractivity (Wildman–Crippen MR) is 146 cm³/mol. The van der Waals surface area contributed by atoms with E-state index in [9.17, 15) is 10.1 Å². The number of H-pyrrole nitrogens is 1. The van der Waals surface area contributed by atoms with Crippen LogP contribution >= 0.6 is 11.8 Å². The minimum absolute atomic E-state index is 0.0242. The van der Waals surface area contributed by atoms with Gasteiger partial charge in [0.25, 0.3) is 5.56 Å². The summed E-state index contributed by atoms with van der Waals surface area (Å²) >= 11 is 1.42. The molecule has 2 N–H and O–H groups in total. The van der Waals surface area contributed by atoms with Crippen molar-refractivity contribution in [1.82, 2.24) is 29.5 Å². The molecule has 0 aliphatic carbocycles. The summed E-state index contributed by atoms with van der Waals surface area (Å²) in [4.78, 5) is 33.2. The van der Waals surface area contributed by atoms with Crippen molar-refractivity contribution in [3.05, 3.63) is 88.7 Å². The van der Waals surface area contributed by atoms with Crippen LogP contribution in [-0.4, -0.2) is 42.3 Å². The number of anilines is 1. The molecule has 0 amide bonds. The molecular formula is C27H24N8O2S. The first-order valence-corrected chi connectivity index (χ1v) is 12.9. The summed E-state index contributed by atoms with van der Waals surface area (Å²) in [6, 6.07) is 19.2. The highest BCUT2D eigenvalue weighted by atomic mass is 32.2. The van der Waals surface area contributed by atoms with Gasteiger partial charge in [0, 0.05) is 24.4 Å². The van der Waals surface area contributed by atoms with Gasteiger partial charge < -0.3 is 19.6 Å². The Hall–Kier alpha value is -4.69. The Balaban J connectivity index is 1.25. The molecule has 3 heterocycles. The molecule has 0 saturated carbocycles. The zero-order chi connectivity index (χ0) is 26.3. The average Bonchev–Trinajstić information content (AvgIpc) is 3.38. The standard InChI is InChI=1S/C27H24N8O2S/c1-37-20-10-5-9-19(13-20)22-21(14-28)26(36)34-27(33-22)38-12-6-11-35-17-32-23-24(30-16-31-25(23)35)29-15-18-7-3-2-4-8-18/h2-5,7-10,13,16-17H,6,11-12,15H2,1H3,(H,29,30,31)(H,33,34,36). The normalized spacial score (nSPS) is 10.8. The molecule has 0 fully saturated rings. The molecule has 190 valence electrons. The number of nitrogens with one attached hydrogen (secondary N) is 2. The van der Waals surface area contributed by atoms with Crippen LogP contribution in [0.4, 0.5) is 5.82 Å². The molecule has 0 aliphatic heterocycles. The minimum Gasteiger partial charge on any atom is -0.497 e. The van der Waals surface area contributed by atoms with Crippen LogP contribution in [0.3, 0.4) is 0 Å². The molecule has 10 nitrogen and oxygen atoms in total. The molecular weight excluding hydrogens is 500 g/mol. The van der Waals surface area contributed by atoms with Gasteiger partial charge in [-0.3, -0.25) is 4.79 Å². The van der Waals surface area contributed by atoms with Gasteiger partial charge in [-0.05, 0) is 24.1 Å². The SMILES string of the molecule is COc1cccc(-c2nc(SCCCn3cnc4c(NCc5ccccc5)ncnc43)[nH]c(=O)c2C#N)c1. The number of hydrogen-bond acceptors (Lipinski definition) is 9. The highest BCUT2D eigenvalue weighted by Crippen LogP contribution is 2.26. The topological polar surface area (TPSA) is 134 Å². The lowest BCUT2D eigenvalue weighted by Gasteiger charge is -2.08. The number of fused-ring (bicyclic) bond motifs is 1. The number of hydrogen-bond donors (Lipinski definition) is 2. The van der Waals surface area contributed by atoms with E-state index in [1.165, 1.54) is 18.1 Å². The van der Waals surface area contributed by atoms with Gasteiger partial charge in [-0.1, -0.05) is 54.2 Å². The second-order valence-electron chi connectivity index (χ2n) is 8.31. The fourth-order valence-electron chi connectivity index (χ4n) is 3.96. The van der Waals surface area contributed by atoms with E-state index in [0.717, 1.165) is 23.1 Å². The number of methoxy groups -OCH3 is 1. The van der Waals surface area contributed by atoms with Crippen LogP contribution in [0.15, 0.2) is 77.2 Å². The largest absolute Gasteiger partial charge is 0.497 e. The number of thioether (sulfide) groups is 1. The van der Waals surface area contributed by atoms with E-state index >= 15 is 0 Å². The molecule has 0 unspecified atom stereocenters. The number of benzene rings is 2. The van der Waals surface area contributed by atoms with Crippen LogP contribution in [0.5, 0.6) is 5.75 Å². The van der Waals surface area contributed by atoms with E-state index in [1.54, 1.807) is 37.7 Å². The third-order valence-corrected chi connectivity index (χ3v) is 6.80. The Morgan fingerprint density at radius 2 is 2.00 bits per heavy atom. The number of rotatable bonds is 10. The summed E-state index contributed by atoms with van der Waals surface area (Å²) in [6.45, 7) is 1.33. The molecule has 0 spiro atoms. The Morgan fingerprint density at radius 3 is 2.82 bits per heavy atom. The molecule has 5 aromatic rings. The zero-order valence-corrected chi connectivity index (χ0v) is 21.4. The number of aromatic nitrogens is 6. The van der Waals surface area contributed by atoms with Gasteiger partial charge in [0.2, 0.25) is 0 Å². The monoisotopic (exact) mass is 524 g/mol. The van der Waals surface area contributed by atoms with Crippen LogP contribution < -0.4 is 15.6 Å². The second kappa shape index (κ2) is 11.6. The van der Waals surface area contributed by atoms with Crippen molar-refractivity contribution in [2.24, 2.45) is 0 Å². The maximum absolute atomic E-state index is 12.6. The van der Waals surface area contributed by atoms with Crippen molar-refractivity contribution in [3.8, 4) is 23.1 Å². The number of aryl methyl sites for hydroxylation is 1. The van der Waals surface area contributed by atoms with Crippen molar-refractivity contribution in [3.63, 3.8) is 0 Å². The molecule has 5 rings (SSSR count). The first-order chi connectivity index (χ1) is 18.7. The third-order valence-electron chi connectivity index (χ3n) is 5.84. The lowest BCUT2D eigenvalue weighted by Crippen LogP contribution is -2.15. The Kier molecular flexibility index (Phi) is 7.61. The molecule has 0 radical (unpaired) electrons. The van der Waals surface area contributed by atoms with Gasteiger partial charge in [0.1, 0.15) is 29.2 Å². The minimum atomic E-state index is -0.462. The van der Waals surface area contributed by atoms with E-state index in [0.29, 0.717) is 46.8 Å². The molecule has 3 aromatic heterocycles. The fourth-order valence-corrected chi connectivity index (χ4v) is 4.75. The molecule has 0 bridgehead atoms. The highest BCUT2D eigenvalue weighted by Gasteiger charge is 2.15. The number of nitrogens with zero attached hydrogens (tertiary/aromatic N) is 6. The van der Waals surface area contributed by atoms with Gasteiger partial charge in [-0.2, -0.15) is 5.26 Å². The summed E-state index contributed by atoms with van der Waals surface area (Å²) in [5.74, 6) is 2.00. The number of nitriles is 1. The Morgan fingerprint density at radius 1 is 1.13 bits per heavy atom. The smallest absolute Gasteiger partial charge is 0.270 e. The van der Waals surface area contributed by atoms with Crippen LogP contribution in [0, 0.1) is 11.3 Å². The lowest BCUT2D eigenvalue weighted by molar-refractivity contribution is 0.415. The van der Waals surface area contributed by atoms with Crippen LogP contribution in [0.25, 0.3) is 22.4 Å². The quantitative estimate of drug-likeness (QED) is 0.156. The van der Waals surface area contributed by atoms with Crippen molar-refractivity contribution in [1.29, 1.82) is 5.26 Å². The van der Waals surface area contributed by atoms with Crippen molar-refractivity contribution < 1.29 is 4.74 Å². The first-order valence-electron chi connectivity index (χ1n) is 11.9. The van der Waals surface area contributed by atoms with E-state index in [1.807, 2.05) is 28.8 Å². The molecule has 0 atom stereocenters. The summed E-state index contributed by atoms with van der Waals surface area (Å²) in [6.07, 6.45) is 4.08. The summed E-state index contributed by atoms with van der Waals surface area (Å²) in [5.41, 5.74) is 3.13. The van der Waals surface area contributed by atoms with E-state index in [4.69, 9.17) is 4.74 Å². The Bertz CT molecular complexity index is 1660. The van der Waals surface area contributed by atoms with Crippen LogP contribution in [0.2, 0.25) is 0 Å². The maximum Gasteiger partial charge on any atom is 0.270 e. The maximum atomic E-state index is 12.6. The van der Waals surface area contributed by atoms with Crippen molar-refractivity contribution >= 4 is 28.7 Å². The number of aromatic amines is 1. The summed E-state index contributed by atoms with van der Waals surface area (Å²) in [7, 11) is 1.56.